The highest BCUT2D eigenvalue weighted by Gasteiger charge is 2.46. The zero-order chi connectivity index (χ0) is 21.8. The average molecular weight is 421 g/mol. The van der Waals surface area contributed by atoms with Crippen molar-refractivity contribution in [3.8, 4) is 0 Å². The third-order valence-corrected chi connectivity index (χ3v) is 5.79. The Kier molecular flexibility index (Phi) is 4.55. The van der Waals surface area contributed by atoms with Crippen LogP contribution in [0.5, 0.6) is 0 Å². The van der Waals surface area contributed by atoms with E-state index in [0.29, 0.717) is 0 Å². The van der Waals surface area contributed by atoms with Gasteiger partial charge in [0.25, 0.3) is 11.8 Å². The highest BCUT2D eigenvalue weighted by molar-refractivity contribution is 6.23. The molecule has 2 N–H and O–H groups in total. The molecule has 0 aromatic heterocycles. The van der Waals surface area contributed by atoms with Gasteiger partial charge in [0, 0.05) is 32.4 Å². The van der Waals surface area contributed by atoms with Gasteiger partial charge in [-0.15, -0.1) is 0 Å². The lowest BCUT2D eigenvalue weighted by atomic mass is 9.93. The molecule has 1 atom stereocenters. The lowest BCUT2D eigenvalue weighted by molar-refractivity contribution is -0.152. The van der Waals surface area contributed by atoms with Crippen molar-refractivity contribution in [3.63, 3.8) is 0 Å². The molecular weight excluding hydrogens is 404 g/mol. The van der Waals surface area contributed by atoms with E-state index in [-0.39, 0.29) is 55.6 Å². The fourth-order valence-electron chi connectivity index (χ4n) is 4.04. The van der Waals surface area contributed by atoms with Crippen LogP contribution in [-0.2, 0) is 14.4 Å². The van der Waals surface area contributed by atoms with E-state index in [1.54, 1.807) is 0 Å². The van der Waals surface area contributed by atoms with Gasteiger partial charge in [-0.05, 0) is 18.6 Å². The Morgan fingerprint density at radius 2 is 1.70 bits per heavy atom. The number of rotatable bonds is 3. The maximum Gasteiger partial charge on any atom is 0.341 e. The van der Waals surface area contributed by atoms with E-state index in [1.165, 1.54) is 11.0 Å². The second kappa shape index (κ2) is 6.85. The standard InChI is InChI=1S/C19H17F2N3O6/c20-11-7-9-10(8-13(11)23-5-3-19(21,4-6-23)18(29)30)17(28)24(16(9)27)12-1-2-14(25)22-15(12)26/h7-8,12H,1-6H2,(H,29,30)(H,22,25,26). The number of benzene rings is 1. The van der Waals surface area contributed by atoms with E-state index in [4.69, 9.17) is 5.11 Å². The molecule has 3 heterocycles. The second-order valence-corrected chi connectivity index (χ2v) is 7.55. The molecule has 1 aromatic rings. The van der Waals surface area contributed by atoms with Crippen LogP contribution in [0.3, 0.4) is 0 Å². The molecule has 2 fully saturated rings. The first-order valence-corrected chi connectivity index (χ1v) is 9.35. The van der Waals surface area contributed by atoms with Crippen molar-refractivity contribution in [1.29, 1.82) is 0 Å². The van der Waals surface area contributed by atoms with Crippen LogP contribution in [0.25, 0.3) is 0 Å². The molecule has 4 amide bonds. The van der Waals surface area contributed by atoms with E-state index in [9.17, 15) is 32.8 Å². The molecule has 0 bridgehead atoms. The number of carboxylic acid groups (broad SMARTS) is 1. The first-order valence-electron chi connectivity index (χ1n) is 9.35. The maximum atomic E-state index is 14.7. The van der Waals surface area contributed by atoms with E-state index in [0.717, 1.165) is 11.0 Å². The highest BCUT2D eigenvalue weighted by atomic mass is 19.1. The summed E-state index contributed by atoms with van der Waals surface area (Å²) in [6, 6.07) is 0.896. The van der Waals surface area contributed by atoms with E-state index in [2.05, 4.69) is 5.32 Å². The molecule has 0 spiro atoms. The second-order valence-electron chi connectivity index (χ2n) is 7.55. The first kappa shape index (κ1) is 19.9. The van der Waals surface area contributed by atoms with Gasteiger partial charge in [0.05, 0.1) is 16.8 Å². The zero-order valence-electron chi connectivity index (χ0n) is 15.6. The summed E-state index contributed by atoms with van der Waals surface area (Å²) in [6.07, 6.45) is -0.764. The number of carbonyl (C=O) groups is 5. The van der Waals surface area contributed by atoms with Gasteiger partial charge in [0.15, 0.2) is 0 Å². The van der Waals surface area contributed by atoms with Crippen LogP contribution in [0.4, 0.5) is 14.5 Å². The molecule has 3 aliphatic rings. The molecular formula is C19H17F2N3O6. The largest absolute Gasteiger partial charge is 0.479 e. The van der Waals surface area contributed by atoms with Crippen LogP contribution in [0, 0.1) is 5.82 Å². The summed E-state index contributed by atoms with van der Waals surface area (Å²) in [5.41, 5.74) is -2.74. The number of halogens is 2. The third-order valence-electron chi connectivity index (χ3n) is 5.79. The van der Waals surface area contributed by atoms with Crippen LogP contribution in [-0.4, -0.2) is 64.4 Å². The van der Waals surface area contributed by atoms with Gasteiger partial charge in [-0.3, -0.25) is 29.4 Å². The van der Waals surface area contributed by atoms with Gasteiger partial charge in [-0.25, -0.2) is 13.6 Å². The van der Waals surface area contributed by atoms with Gasteiger partial charge < -0.3 is 10.0 Å². The van der Waals surface area contributed by atoms with Crippen molar-refractivity contribution in [2.75, 3.05) is 18.0 Å². The number of imide groups is 2. The molecule has 4 rings (SSSR count). The van der Waals surface area contributed by atoms with Crippen molar-refractivity contribution in [2.24, 2.45) is 0 Å². The summed E-state index contributed by atoms with van der Waals surface area (Å²) in [5, 5.41) is 11.1. The number of alkyl halides is 1. The van der Waals surface area contributed by atoms with E-state index in [1.807, 2.05) is 0 Å². The summed E-state index contributed by atoms with van der Waals surface area (Å²) in [4.78, 5) is 62.1. The molecule has 0 aliphatic carbocycles. The van der Waals surface area contributed by atoms with Crippen molar-refractivity contribution < 1.29 is 37.9 Å². The van der Waals surface area contributed by atoms with Gasteiger partial charge in [-0.1, -0.05) is 0 Å². The minimum atomic E-state index is -2.39. The highest BCUT2D eigenvalue weighted by Crippen LogP contribution is 2.35. The Labute approximate surface area is 168 Å². The van der Waals surface area contributed by atoms with Crippen molar-refractivity contribution >= 4 is 35.3 Å². The van der Waals surface area contributed by atoms with Gasteiger partial charge in [-0.2, -0.15) is 0 Å². The van der Waals surface area contributed by atoms with Gasteiger partial charge in [0.1, 0.15) is 11.9 Å². The number of anilines is 1. The molecule has 30 heavy (non-hydrogen) atoms. The molecule has 1 aromatic carbocycles. The molecule has 9 nitrogen and oxygen atoms in total. The number of hydrogen-bond donors (Lipinski definition) is 2. The minimum Gasteiger partial charge on any atom is -0.479 e. The summed E-state index contributed by atoms with van der Waals surface area (Å²) in [5.74, 6) is -5.28. The normalized spacial score (nSPS) is 23.5. The summed E-state index contributed by atoms with van der Waals surface area (Å²) < 4.78 is 29.0. The summed E-state index contributed by atoms with van der Waals surface area (Å²) in [7, 11) is 0. The zero-order valence-corrected chi connectivity index (χ0v) is 15.6. The number of nitrogens with zero attached hydrogens (tertiary/aromatic N) is 2. The Morgan fingerprint density at radius 3 is 2.27 bits per heavy atom. The van der Waals surface area contributed by atoms with Crippen molar-refractivity contribution in [2.45, 2.75) is 37.4 Å². The predicted octanol–water partition coefficient (Wildman–Crippen LogP) is 0.620. The maximum absolute atomic E-state index is 14.7. The molecule has 11 heteroatoms. The smallest absolute Gasteiger partial charge is 0.341 e. The van der Waals surface area contributed by atoms with Crippen LogP contribution < -0.4 is 10.2 Å². The number of hydrogen-bond acceptors (Lipinski definition) is 6. The van der Waals surface area contributed by atoms with Crippen LogP contribution in [0.1, 0.15) is 46.4 Å². The predicted molar refractivity (Wildman–Crippen MR) is 96.0 cm³/mol. The van der Waals surface area contributed by atoms with E-state index < -0.39 is 47.1 Å². The van der Waals surface area contributed by atoms with Crippen molar-refractivity contribution in [1.82, 2.24) is 10.2 Å². The Hall–Kier alpha value is -3.37. The fraction of sp³-hybridized carbons (Fsp3) is 0.421. The Balaban J connectivity index is 1.61. The quantitative estimate of drug-likeness (QED) is 0.686. The fourth-order valence-corrected chi connectivity index (χ4v) is 4.04. The Morgan fingerprint density at radius 1 is 1.10 bits per heavy atom. The number of carboxylic acids is 1. The number of amides is 4. The number of fused-ring (bicyclic) bond motifs is 1. The topological polar surface area (TPSA) is 124 Å². The monoisotopic (exact) mass is 421 g/mol. The average Bonchev–Trinajstić information content (AvgIpc) is 2.92. The lowest BCUT2D eigenvalue weighted by Gasteiger charge is -2.35. The molecule has 1 unspecified atom stereocenters. The van der Waals surface area contributed by atoms with Crippen molar-refractivity contribution in [3.05, 3.63) is 29.1 Å². The molecule has 3 aliphatic heterocycles. The SMILES string of the molecule is O=C1CCC(N2C(=O)c3cc(F)c(N4CCC(F)(C(=O)O)CC4)cc3C2=O)C(=O)N1. The number of nitrogens with one attached hydrogen (secondary N) is 1. The molecule has 0 radical (unpaired) electrons. The molecule has 2 saturated heterocycles. The summed E-state index contributed by atoms with van der Waals surface area (Å²) in [6.45, 7) is -0.172. The molecule has 0 saturated carbocycles. The Bertz CT molecular complexity index is 1000. The number of piperidine rings is 2. The lowest BCUT2D eigenvalue weighted by Crippen LogP contribution is -2.54. The molecule has 158 valence electrons. The van der Waals surface area contributed by atoms with E-state index >= 15 is 0 Å². The minimum absolute atomic E-state index is 0.0224. The van der Waals surface area contributed by atoms with Crippen LogP contribution in [0.2, 0.25) is 0 Å². The number of carbonyl (C=O) groups excluding carboxylic acids is 4. The third kappa shape index (κ3) is 3.01. The summed E-state index contributed by atoms with van der Waals surface area (Å²) >= 11 is 0. The first-order chi connectivity index (χ1) is 14.1. The van der Waals surface area contributed by atoms with Crippen LogP contribution in [0.15, 0.2) is 12.1 Å². The number of aliphatic carboxylic acids is 1. The van der Waals surface area contributed by atoms with Gasteiger partial charge in [0.2, 0.25) is 17.5 Å². The van der Waals surface area contributed by atoms with Crippen LogP contribution >= 0.6 is 0 Å². The van der Waals surface area contributed by atoms with Gasteiger partial charge >= 0.3 is 5.97 Å².